The number of carbonyl (C=O) groups excluding carboxylic acids is 3. The topological polar surface area (TPSA) is 119 Å². The van der Waals surface area contributed by atoms with E-state index in [1.807, 2.05) is 44.2 Å². The van der Waals surface area contributed by atoms with Crippen molar-refractivity contribution in [3.8, 4) is 16.9 Å². The molecule has 0 radical (unpaired) electrons. The first kappa shape index (κ1) is 26.8. The van der Waals surface area contributed by atoms with Crippen LogP contribution in [0.1, 0.15) is 54.0 Å². The number of ketones is 1. The molecule has 3 atom stereocenters. The smallest absolute Gasteiger partial charge is 0.248 e. The average molecular weight is 630 g/mol. The van der Waals surface area contributed by atoms with Gasteiger partial charge < -0.3 is 15.0 Å². The summed E-state index contributed by atoms with van der Waals surface area (Å²) in [5.41, 5.74) is 5.29. The number of amides is 2. The molecule has 4 aromatic rings. The third kappa shape index (κ3) is 4.29. The molecule has 10 nitrogen and oxygen atoms in total. The van der Waals surface area contributed by atoms with Gasteiger partial charge in [0.1, 0.15) is 41.1 Å². The van der Waals surface area contributed by atoms with Crippen molar-refractivity contribution in [2.45, 2.75) is 65.8 Å². The molecule has 0 unspecified atom stereocenters. The summed E-state index contributed by atoms with van der Waals surface area (Å²) in [6, 6.07) is 8.85. The predicted octanol–water partition coefficient (Wildman–Crippen LogP) is 4.99. The van der Waals surface area contributed by atoms with Crippen molar-refractivity contribution in [1.29, 1.82) is 0 Å². The van der Waals surface area contributed by atoms with Crippen LogP contribution < -0.4 is 10.1 Å². The Morgan fingerprint density at radius 2 is 1.95 bits per heavy atom. The van der Waals surface area contributed by atoms with Crippen LogP contribution in [0.15, 0.2) is 41.1 Å². The standard InChI is InChI=1S/C31H29BrN6O4/c1-15-5-6-26(32)34-29(15)35-30(41)23-10-31(4)11-25(31)38(23)27(40)13-37-22-8-18-14-42-24-7-16(2)33-12-21(24)19(18)9-20(22)28(36-37)17(3)39/h5-9,12,23,25H,10-11,13-14H2,1-4H3,(H,34,35,41)/t23-,25+,31-/m0/s1. The molecule has 214 valence electrons. The first-order valence-electron chi connectivity index (χ1n) is 13.9. The molecule has 2 fully saturated rings. The highest BCUT2D eigenvalue weighted by molar-refractivity contribution is 9.10. The van der Waals surface area contributed by atoms with Gasteiger partial charge in [-0.15, -0.1) is 0 Å². The molecule has 2 amide bonds. The molecular weight excluding hydrogens is 600 g/mol. The van der Waals surface area contributed by atoms with Crippen molar-refractivity contribution in [2.75, 3.05) is 5.32 Å². The molecule has 5 heterocycles. The number of carbonyl (C=O) groups is 3. The molecule has 1 saturated heterocycles. The van der Waals surface area contributed by atoms with E-state index in [0.29, 0.717) is 40.0 Å². The number of fused-ring (bicyclic) bond motifs is 5. The molecule has 2 aliphatic heterocycles. The highest BCUT2D eigenvalue weighted by Crippen LogP contribution is 2.59. The Morgan fingerprint density at radius 1 is 1.14 bits per heavy atom. The minimum absolute atomic E-state index is 0.0139. The van der Waals surface area contributed by atoms with E-state index in [0.717, 1.165) is 40.1 Å². The zero-order valence-corrected chi connectivity index (χ0v) is 25.3. The Kier molecular flexibility index (Phi) is 6.02. The van der Waals surface area contributed by atoms with Gasteiger partial charge in [-0.2, -0.15) is 5.10 Å². The van der Waals surface area contributed by atoms with Gasteiger partial charge in [0.05, 0.1) is 5.52 Å². The normalized spacial score (nSPS) is 21.8. The summed E-state index contributed by atoms with van der Waals surface area (Å²) in [4.78, 5) is 50.6. The van der Waals surface area contributed by atoms with Crippen molar-refractivity contribution in [1.82, 2.24) is 24.6 Å². The quantitative estimate of drug-likeness (QED) is 0.244. The first-order chi connectivity index (χ1) is 20.0. The molecular formula is C31H29BrN6O4. The van der Waals surface area contributed by atoms with Crippen LogP contribution >= 0.6 is 15.9 Å². The lowest BCUT2D eigenvalue weighted by Gasteiger charge is -2.27. The number of ether oxygens (including phenoxy) is 1. The Bertz CT molecular complexity index is 1850. The fraction of sp³-hybridized carbons (Fsp3) is 0.355. The van der Waals surface area contributed by atoms with E-state index < -0.39 is 6.04 Å². The largest absolute Gasteiger partial charge is 0.488 e. The van der Waals surface area contributed by atoms with Crippen molar-refractivity contribution in [3.63, 3.8) is 0 Å². The summed E-state index contributed by atoms with van der Waals surface area (Å²) < 4.78 is 8.21. The zero-order valence-electron chi connectivity index (χ0n) is 23.7. The van der Waals surface area contributed by atoms with E-state index in [9.17, 15) is 14.4 Å². The number of nitrogens with one attached hydrogen (secondary N) is 1. The van der Waals surface area contributed by atoms with Crippen LogP contribution in [0.5, 0.6) is 5.75 Å². The highest BCUT2D eigenvalue weighted by Gasteiger charge is 2.64. The maximum absolute atomic E-state index is 13.9. The molecule has 1 saturated carbocycles. The van der Waals surface area contributed by atoms with Crippen molar-refractivity contribution in [2.24, 2.45) is 5.41 Å². The summed E-state index contributed by atoms with van der Waals surface area (Å²) in [6.45, 7) is 7.64. The molecule has 1 aromatic carbocycles. The number of halogens is 1. The minimum Gasteiger partial charge on any atom is -0.488 e. The second-order valence-electron chi connectivity index (χ2n) is 11.9. The van der Waals surface area contributed by atoms with Crippen molar-refractivity contribution in [3.05, 3.63) is 63.6 Å². The number of aromatic nitrogens is 4. The summed E-state index contributed by atoms with van der Waals surface area (Å²) in [7, 11) is 0. The van der Waals surface area contributed by atoms with Crippen LogP contribution in [0.4, 0.5) is 5.82 Å². The maximum atomic E-state index is 13.9. The average Bonchev–Trinajstić information content (AvgIpc) is 3.32. The van der Waals surface area contributed by atoms with Gasteiger partial charge in [0.25, 0.3) is 0 Å². The fourth-order valence-corrected chi connectivity index (χ4v) is 6.74. The number of piperidine rings is 1. The molecule has 42 heavy (non-hydrogen) atoms. The molecule has 1 aliphatic carbocycles. The van der Waals surface area contributed by atoms with Gasteiger partial charge in [0.2, 0.25) is 11.8 Å². The number of anilines is 1. The summed E-state index contributed by atoms with van der Waals surface area (Å²) >= 11 is 3.36. The Balaban J connectivity index is 1.22. The van der Waals surface area contributed by atoms with Gasteiger partial charge in [-0.05, 0) is 82.9 Å². The number of hydrogen-bond donors (Lipinski definition) is 1. The number of pyridine rings is 2. The molecule has 3 aromatic heterocycles. The molecule has 3 aliphatic rings. The van der Waals surface area contributed by atoms with Crippen LogP contribution in [0, 0.1) is 19.3 Å². The van der Waals surface area contributed by atoms with Gasteiger partial charge >= 0.3 is 0 Å². The second kappa shape index (κ2) is 9.45. The van der Waals surface area contributed by atoms with Crippen molar-refractivity contribution < 1.29 is 19.1 Å². The SMILES string of the molecule is CC(=O)c1nn(CC(=O)N2[C@H](C(=O)Nc3nc(Br)ccc3C)C[C@@]3(C)C[C@@H]23)c2cc3c(cc12)-c1cnc(C)cc1OC3. The lowest BCUT2D eigenvalue weighted by molar-refractivity contribution is -0.138. The second-order valence-corrected chi connectivity index (χ2v) is 12.7. The van der Waals surface area contributed by atoms with Crippen LogP contribution in [0.2, 0.25) is 0 Å². The Morgan fingerprint density at radius 3 is 2.74 bits per heavy atom. The monoisotopic (exact) mass is 628 g/mol. The van der Waals surface area contributed by atoms with Crippen LogP contribution in [0.3, 0.4) is 0 Å². The summed E-state index contributed by atoms with van der Waals surface area (Å²) in [5, 5.41) is 8.21. The van der Waals surface area contributed by atoms with E-state index in [1.165, 1.54) is 6.92 Å². The molecule has 0 spiro atoms. The number of hydrogen-bond acceptors (Lipinski definition) is 7. The van der Waals surface area contributed by atoms with Gasteiger partial charge in [-0.1, -0.05) is 13.0 Å². The number of rotatable bonds is 5. The third-order valence-electron chi connectivity index (χ3n) is 8.80. The summed E-state index contributed by atoms with van der Waals surface area (Å²) in [6.07, 6.45) is 3.22. The third-order valence-corrected chi connectivity index (χ3v) is 9.24. The summed E-state index contributed by atoms with van der Waals surface area (Å²) in [5.74, 6) is 0.564. The van der Waals surface area contributed by atoms with Gasteiger partial charge in [0.15, 0.2) is 5.78 Å². The lowest BCUT2D eigenvalue weighted by atomic mass is 9.95. The van der Waals surface area contributed by atoms with Gasteiger partial charge in [-0.25, -0.2) is 4.98 Å². The van der Waals surface area contributed by atoms with Gasteiger partial charge in [-0.3, -0.25) is 24.0 Å². The Labute approximate surface area is 250 Å². The number of aryl methyl sites for hydroxylation is 2. The van der Waals surface area contributed by atoms with Crippen molar-refractivity contribution >= 4 is 50.2 Å². The van der Waals surface area contributed by atoms with Gasteiger partial charge in [0, 0.05) is 41.9 Å². The zero-order chi connectivity index (χ0) is 29.5. The van der Waals surface area contributed by atoms with Crippen LogP contribution in [0.25, 0.3) is 22.0 Å². The van der Waals surface area contributed by atoms with E-state index in [1.54, 1.807) is 15.8 Å². The van der Waals surface area contributed by atoms with Crippen LogP contribution in [-0.2, 0) is 22.7 Å². The Hall–Kier alpha value is -4.12. The van der Waals surface area contributed by atoms with E-state index in [2.05, 4.69) is 43.2 Å². The molecule has 7 rings (SSSR count). The maximum Gasteiger partial charge on any atom is 0.248 e. The highest BCUT2D eigenvalue weighted by atomic mass is 79.9. The van der Waals surface area contributed by atoms with Crippen LogP contribution in [-0.4, -0.2) is 54.3 Å². The fourth-order valence-electron chi connectivity index (χ4n) is 6.43. The lowest BCUT2D eigenvalue weighted by Crippen LogP contribution is -2.47. The number of benzene rings is 1. The van der Waals surface area contributed by atoms with E-state index in [4.69, 9.17) is 4.74 Å². The van der Waals surface area contributed by atoms with E-state index >= 15 is 0 Å². The minimum atomic E-state index is -0.621. The first-order valence-corrected chi connectivity index (χ1v) is 14.7. The number of likely N-dealkylation sites (tertiary alicyclic amines) is 1. The number of nitrogens with zero attached hydrogens (tertiary/aromatic N) is 5. The molecule has 11 heteroatoms. The number of Topliss-reactive ketones (excluding diaryl/α,β-unsaturated/α-hetero) is 1. The van der Waals surface area contributed by atoms with E-state index in [-0.39, 0.29) is 35.6 Å². The predicted molar refractivity (Wildman–Crippen MR) is 159 cm³/mol. The molecule has 0 bridgehead atoms. The molecule has 1 N–H and O–H groups in total.